The lowest BCUT2D eigenvalue weighted by Crippen LogP contribution is -2.04. The quantitative estimate of drug-likeness (QED) is 0.716. The van der Waals surface area contributed by atoms with Crippen LogP contribution in [-0.2, 0) is 13.0 Å². The van der Waals surface area contributed by atoms with Gasteiger partial charge >= 0.3 is 0 Å². The Labute approximate surface area is 142 Å². The number of pyridine rings is 1. The van der Waals surface area contributed by atoms with Gasteiger partial charge in [0, 0.05) is 30.7 Å². The SMILES string of the molecule is CCc1cccc(C)c1Nc1cc(NCc2cccnc2)ncn1. The summed E-state index contributed by atoms with van der Waals surface area (Å²) >= 11 is 0. The highest BCUT2D eigenvalue weighted by atomic mass is 15.1. The zero-order valence-corrected chi connectivity index (χ0v) is 14.0. The summed E-state index contributed by atoms with van der Waals surface area (Å²) in [5, 5.41) is 6.73. The molecular formula is C19H21N5. The van der Waals surface area contributed by atoms with Crippen molar-refractivity contribution in [3.63, 3.8) is 0 Å². The fourth-order valence-electron chi connectivity index (χ4n) is 2.55. The van der Waals surface area contributed by atoms with E-state index in [0.717, 1.165) is 29.3 Å². The highest BCUT2D eigenvalue weighted by Gasteiger charge is 2.06. The van der Waals surface area contributed by atoms with Crippen LogP contribution < -0.4 is 10.6 Å². The van der Waals surface area contributed by atoms with Crippen molar-refractivity contribution < 1.29 is 0 Å². The zero-order valence-electron chi connectivity index (χ0n) is 14.0. The largest absolute Gasteiger partial charge is 0.366 e. The maximum Gasteiger partial charge on any atom is 0.135 e. The minimum Gasteiger partial charge on any atom is -0.366 e. The van der Waals surface area contributed by atoms with Gasteiger partial charge in [-0.15, -0.1) is 0 Å². The van der Waals surface area contributed by atoms with E-state index < -0.39 is 0 Å². The smallest absolute Gasteiger partial charge is 0.135 e. The molecule has 24 heavy (non-hydrogen) atoms. The average Bonchev–Trinajstić information content (AvgIpc) is 2.63. The number of nitrogens with zero attached hydrogens (tertiary/aromatic N) is 3. The molecule has 0 spiro atoms. The molecule has 2 heterocycles. The number of anilines is 3. The zero-order chi connectivity index (χ0) is 16.8. The van der Waals surface area contributed by atoms with Crippen molar-refractivity contribution in [3.05, 3.63) is 71.8 Å². The molecule has 5 heteroatoms. The lowest BCUT2D eigenvalue weighted by atomic mass is 10.1. The van der Waals surface area contributed by atoms with Gasteiger partial charge in [0.1, 0.15) is 18.0 Å². The molecule has 122 valence electrons. The van der Waals surface area contributed by atoms with Gasteiger partial charge in [-0.05, 0) is 36.1 Å². The number of aryl methyl sites for hydroxylation is 2. The van der Waals surface area contributed by atoms with Crippen molar-refractivity contribution in [1.82, 2.24) is 15.0 Å². The Morgan fingerprint density at radius 2 is 1.92 bits per heavy atom. The van der Waals surface area contributed by atoms with Crippen LogP contribution in [0.15, 0.2) is 55.1 Å². The first kappa shape index (κ1) is 15.9. The topological polar surface area (TPSA) is 62.7 Å². The Kier molecular flexibility index (Phi) is 5.01. The summed E-state index contributed by atoms with van der Waals surface area (Å²) in [6.45, 7) is 4.93. The molecule has 3 aromatic rings. The summed E-state index contributed by atoms with van der Waals surface area (Å²) in [7, 11) is 0. The highest BCUT2D eigenvalue weighted by molar-refractivity contribution is 5.66. The van der Waals surface area contributed by atoms with Crippen LogP contribution in [0.5, 0.6) is 0 Å². The van der Waals surface area contributed by atoms with Crippen LogP contribution in [0.4, 0.5) is 17.3 Å². The van der Waals surface area contributed by atoms with Gasteiger partial charge in [-0.25, -0.2) is 9.97 Å². The van der Waals surface area contributed by atoms with E-state index in [1.54, 1.807) is 12.5 Å². The van der Waals surface area contributed by atoms with Crippen molar-refractivity contribution >= 4 is 17.3 Å². The number of para-hydroxylation sites is 1. The molecule has 3 rings (SSSR count). The second-order valence-electron chi connectivity index (χ2n) is 5.59. The van der Waals surface area contributed by atoms with Crippen molar-refractivity contribution in [2.24, 2.45) is 0 Å². The van der Waals surface area contributed by atoms with E-state index in [2.05, 4.69) is 57.6 Å². The molecule has 2 N–H and O–H groups in total. The predicted octanol–water partition coefficient (Wildman–Crippen LogP) is 4.10. The number of hydrogen-bond donors (Lipinski definition) is 2. The molecule has 5 nitrogen and oxygen atoms in total. The number of rotatable bonds is 6. The van der Waals surface area contributed by atoms with E-state index in [0.29, 0.717) is 6.54 Å². The van der Waals surface area contributed by atoms with Gasteiger partial charge in [-0.1, -0.05) is 31.2 Å². The molecule has 0 amide bonds. The minimum atomic E-state index is 0.675. The first-order valence-corrected chi connectivity index (χ1v) is 8.06. The summed E-state index contributed by atoms with van der Waals surface area (Å²) in [5.41, 5.74) is 4.71. The van der Waals surface area contributed by atoms with E-state index in [4.69, 9.17) is 0 Å². The second kappa shape index (κ2) is 7.55. The maximum absolute atomic E-state index is 4.33. The summed E-state index contributed by atoms with van der Waals surface area (Å²) < 4.78 is 0. The molecule has 2 aromatic heterocycles. The summed E-state index contributed by atoms with van der Waals surface area (Å²) in [6.07, 6.45) is 6.15. The van der Waals surface area contributed by atoms with Crippen LogP contribution in [0.25, 0.3) is 0 Å². The third-order valence-electron chi connectivity index (χ3n) is 3.86. The Morgan fingerprint density at radius 1 is 1.04 bits per heavy atom. The number of benzene rings is 1. The molecule has 0 fully saturated rings. The third-order valence-corrected chi connectivity index (χ3v) is 3.86. The fraction of sp³-hybridized carbons (Fsp3) is 0.211. The average molecular weight is 319 g/mol. The molecule has 0 aliphatic heterocycles. The van der Waals surface area contributed by atoms with Gasteiger partial charge in [0.05, 0.1) is 0 Å². The molecule has 0 saturated heterocycles. The van der Waals surface area contributed by atoms with Crippen LogP contribution >= 0.6 is 0 Å². The van der Waals surface area contributed by atoms with Gasteiger partial charge in [0.15, 0.2) is 0 Å². The van der Waals surface area contributed by atoms with Gasteiger partial charge in [-0.2, -0.15) is 0 Å². The van der Waals surface area contributed by atoms with Gasteiger partial charge in [0.25, 0.3) is 0 Å². The molecule has 0 bridgehead atoms. The highest BCUT2D eigenvalue weighted by Crippen LogP contribution is 2.25. The van der Waals surface area contributed by atoms with Crippen LogP contribution in [-0.4, -0.2) is 15.0 Å². The van der Waals surface area contributed by atoms with Crippen LogP contribution in [0, 0.1) is 6.92 Å². The second-order valence-corrected chi connectivity index (χ2v) is 5.59. The normalized spacial score (nSPS) is 10.4. The Bertz CT molecular complexity index is 802. The molecule has 0 aliphatic rings. The summed E-state index contributed by atoms with van der Waals surface area (Å²) in [6, 6.07) is 12.2. The van der Waals surface area contributed by atoms with Crippen LogP contribution in [0.2, 0.25) is 0 Å². The molecule has 0 atom stereocenters. The molecule has 0 unspecified atom stereocenters. The lowest BCUT2D eigenvalue weighted by Gasteiger charge is -2.14. The van der Waals surface area contributed by atoms with Gasteiger partial charge in [-0.3, -0.25) is 4.98 Å². The van der Waals surface area contributed by atoms with E-state index in [1.165, 1.54) is 11.1 Å². The van der Waals surface area contributed by atoms with Crippen molar-refractivity contribution in [1.29, 1.82) is 0 Å². The molecule has 1 aromatic carbocycles. The minimum absolute atomic E-state index is 0.675. The van der Waals surface area contributed by atoms with E-state index in [-0.39, 0.29) is 0 Å². The lowest BCUT2D eigenvalue weighted by molar-refractivity contribution is 1.06. The van der Waals surface area contributed by atoms with Crippen molar-refractivity contribution in [3.8, 4) is 0 Å². The van der Waals surface area contributed by atoms with E-state index in [9.17, 15) is 0 Å². The number of nitrogens with one attached hydrogen (secondary N) is 2. The van der Waals surface area contributed by atoms with Crippen LogP contribution in [0.3, 0.4) is 0 Å². The first-order valence-electron chi connectivity index (χ1n) is 8.06. The number of aromatic nitrogens is 3. The van der Waals surface area contributed by atoms with Crippen molar-refractivity contribution in [2.75, 3.05) is 10.6 Å². The summed E-state index contributed by atoms with van der Waals surface area (Å²) in [4.78, 5) is 12.7. The molecular weight excluding hydrogens is 298 g/mol. The number of hydrogen-bond acceptors (Lipinski definition) is 5. The van der Waals surface area contributed by atoms with E-state index >= 15 is 0 Å². The third kappa shape index (κ3) is 3.87. The molecule has 0 aliphatic carbocycles. The van der Waals surface area contributed by atoms with Gasteiger partial charge in [0.2, 0.25) is 0 Å². The predicted molar refractivity (Wildman–Crippen MR) is 97.4 cm³/mol. The van der Waals surface area contributed by atoms with Crippen LogP contribution in [0.1, 0.15) is 23.6 Å². The monoisotopic (exact) mass is 319 g/mol. The fourth-order valence-corrected chi connectivity index (χ4v) is 2.55. The van der Waals surface area contributed by atoms with E-state index in [1.807, 2.05) is 24.4 Å². The maximum atomic E-state index is 4.33. The molecule has 0 radical (unpaired) electrons. The van der Waals surface area contributed by atoms with Crippen molar-refractivity contribution in [2.45, 2.75) is 26.8 Å². The Hall–Kier alpha value is -2.95. The molecule has 0 saturated carbocycles. The standard InChI is InChI=1S/C19H21N5/c1-3-16-8-4-6-14(2)19(16)24-18-10-17(22-13-23-18)21-12-15-7-5-9-20-11-15/h4-11,13H,3,12H2,1-2H3,(H2,21,22,23,24). The van der Waals surface area contributed by atoms with Gasteiger partial charge < -0.3 is 10.6 Å². The first-order chi connectivity index (χ1) is 11.8. The Balaban J connectivity index is 1.74. The summed E-state index contributed by atoms with van der Waals surface area (Å²) in [5.74, 6) is 1.56. The Morgan fingerprint density at radius 3 is 2.71 bits per heavy atom.